The van der Waals surface area contributed by atoms with E-state index >= 15 is 0 Å². The first-order valence-electron chi connectivity index (χ1n) is 16.8. The van der Waals surface area contributed by atoms with E-state index in [9.17, 15) is 0 Å². The highest BCUT2D eigenvalue weighted by molar-refractivity contribution is 7.26. The van der Waals surface area contributed by atoms with Crippen molar-refractivity contribution in [2.75, 3.05) is 0 Å². The van der Waals surface area contributed by atoms with Gasteiger partial charge >= 0.3 is 0 Å². The molecule has 12 rings (SSSR count). The first-order valence-corrected chi connectivity index (χ1v) is 18.5. The van der Waals surface area contributed by atoms with Gasteiger partial charge < -0.3 is 9.15 Å². The largest absolute Gasteiger partial charge is 0.456 e. The lowest BCUT2D eigenvalue weighted by Crippen LogP contribution is -1.97. The van der Waals surface area contributed by atoms with Crippen molar-refractivity contribution in [3.05, 3.63) is 146 Å². The van der Waals surface area contributed by atoms with Crippen molar-refractivity contribution in [2.45, 2.75) is 0 Å². The Bertz CT molecular complexity index is 3250. The van der Waals surface area contributed by atoms with Crippen LogP contribution in [0.15, 0.2) is 150 Å². The molecular weight excluding hydrogens is 649 g/mol. The molecule has 11 aromatic rings. The van der Waals surface area contributed by atoms with E-state index in [4.69, 9.17) is 9.15 Å². The summed E-state index contributed by atoms with van der Waals surface area (Å²) >= 11 is 3.70. The molecule has 0 spiro atoms. The fourth-order valence-corrected chi connectivity index (χ4v) is 10.6. The summed E-state index contributed by atoms with van der Waals surface area (Å²) in [5.41, 5.74) is 8.78. The van der Waals surface area contributed by atoms with Crippen LogP contribution in [0.5, 0.6) is 11.5 Å². The first-order chi connectivity index (χ1) is 24.8. The maximum absolute atomic E-state index is 6.76. The van der Waals surface area contributed by atoms with Gasteiger partial charge in [-0.15, -0.1) is 22.7 Å². The smallest absolute Gasteiger partial charge is 0.136 e. The van der Waals surface area contributed by atoms with Crippen molar-refractivity contribution in [1.29, 1.82) is 0 Å². The van der Waals surface area contributed by atoms with Gasteiger partial charge in [-0.1, -0.05) is 84.9 Å². The van der Waals surface area contributed by atoms with E-state index in [1.54, 1.807) is 0 Å². The number of hydrogen-bond acceptors (Lipinski definition) is 4. The molecule has 8 aromatic carbocycles. The molecule has 0 atom stereocenters. The van der Waals surface area contributed by atoms with Gasteiger partial charge in [-0.25, -0.2) is 0 Å². The Morgan fingerprint density at radius 3 is 1.70 bits per heavy atom. The molecule has 4 heterocycles. The number of ether oxygens (including phenoxy) is 1. The molecule has 0 bridgehead atoms. The van der Waals surface area contributed by atoms with E-state index in [0.29, 0.717) is 0 Å². The molecule has 0 saturated heterocycles. The third-order valence-electron chi connectivity index (χ3n) is 10.5. The molecule has 3 aromatic heterocycles. The van der Waals surface area contributed by atoms with E-state index in [-0.39, 0.29) is 0 Å². The van der Waals surface area contributed by atoms with Gasteiger partial charge in [0.05, 0.1) is 0 Å². The van der Waals surface area contributed by atoms with E-state index in [0.717, 1.165) is 66.5 Å². The zero-order valence-electron chi connectivity index (χ0n) is 26.5. The molecule has 0 saturated carbocycles. The van der Waals surface area contributed by atoms with Crippen LogP contribution in [0.3, 0.4) is 0 Å². The fourth-order valence-electron chi connectivity index (χ4n) is 8.33. The summed E-state index contributed by atoms with van der Waals surface area (Å²) in [5, 5.41) is 9.74. The van der Waals surface area contributed by atoms with Gasteiger partial charge in [-0.3, -0.25) is 0 Å². The third-order valence-corrected chi connectivity index (χ3v) is 12.7. The van der Waals surface area contributed by atoms with Crippen LogP contribution in [-0.2, 0) is 0 Å². The summed E-state index contributed by atoms with van der Waals surface area (Å²) in [6, 6.07) is 52.6. The van der Waals surface area contributed by atoms with Gasteiger partial charge in [0.2, 0.25) is 0 Å². The molecule has 232 valence electrons. The van der Waals surface area contributed by atoms with Crippen LogP contribution >= 0.6 is 22.7 Å². The fraction of sp³-hybridized carbons (Fsp3) is 0. The van der Waals surface area contributed by atoms with Gasteiger partial charge in [0.25, 0.3) is 0 Å². The van der Waals surface area contributed by atoms with Crippen molar-refractivity contribution in [3.63, 3.8) is 0 Å². The van der Waals surface area contributed by atoms with Crippen molar-refractivity contribution < 1.29 is 9.15 Å². The minimum atomic E-state index is 0.868. The average Bonchev–Trinajstić information content (AvgIpc) is 3.85. The summed E-state index contributed by atoms with van der Waals surface area (Å²) in [4.78, 5) is 0. The Kier molecular flexibility index (Phi) is 5.29. The van der Waals surface area contributed by atoms with Crippen molar-refractivity contribution in [1.82, 2.24) is 0 Å². The zero-order valence-corrected chi connectivity index (χ0v) is 28.1. The summed E-state index contributed by atoms with van der Waals surface area (Å²) < 4.78 is 18.7. The van der Waals surface area contributed by atoms with Gasteiger partial charge in [-0.2, -0.15) is 0 Å². The lowest BCUT2D eigenvalue weighted by Gasteiger charge is -2.22. The number of furan rings is 1. The number of fused-ring (bicyclic) bond motifs is 12. The highest BCUT2D eigenvalue weighted by atomic mass is 32.1. The van der Waals surface area contributed by atoms with E-state index < -0.39 is 0 Å². The van der Waals surface area contributed by atoms with Gasteiger partial charge in [0.15, 0.2) is 0 Å². The lowest BCUT2D eigenvalue weighted by molar-refractivity contribution is 0.487. The minimum absolute atomic E-state index is 0.868. The van der Waals surface area contributed by atoms with Crippen LogP contribution in [0.2, 0.25) is 0 Å². The predicted molar refractivity (Wildman–Crippen MR) is 213 cm³/mol. The number of hydrogen-bond donors (Lipinski definition) is 0. The van der Waals surface area contributed by atoms with Crippen LogP contribution in [0.1, 0.15) is 0 Å². The molecule has 0 fully saturated rings. The number of benzene rings is 8. The predicted octanol–water partition coefficient (Wildman–Crippen LogP) is 14.6. The summed E-state index contributed by atoms with van der Waals surface area (Å²) in [6.45, 7) is 0. The second-order valence-electron chi connectivity index (χ2n) is 13.2. The monoisotopic (exact) mass is 672 g/mol. The quantitative estimate of drug-likeness (QED) is 0.182. The van der Waals surface area contributed by atoms with Gasteiger partial charge in [-0.05, 0) is 88.3 Å². The average molecular weight is 673 g/mol. The molecule has 50 heavy (non-hydrogen) atoms. The van der Waals surface area contributed by atoms with Crippen LogP contribution < -0.4 is 4.74 Å². The van der Waals surface area contributed by atoms with Crippen LogP contribution in [0, 0.1) is 0 Å². The van der Waals surface area contributed by atoms with E-state index in [1.165, 1.54) is 51.5 Å². The van der Waals surface area contributed by atoms with Crippen LogP contribution in [0.25, 0.3) is 106 Å². The topological polar surface area (TPSA) is 22.4 Å². The summed E-state index contributed by atoms with van der Waals surface area (Å²) in [7, 11) is 0. The van der Waals surface area contributed by atoms with Crippen molar-refractivity contribution in [3.8, 4) is 44.9 Å². The first kappa shape index (κ1) is 26.9. The van der Waals surface area contributed by atoms with Gasteiger partial charge in [0.1, 0.15) is 22.7 Å². The second-order valence-corrected chi connectivity index (χ2v) is 15.3. The second kappa shape index (κ2) is 9.82. The zero-order chi connectivity index (χ0) is 32.5. The molecule has 1 aliphatic rings. The Balaban J connectivity index is 1.05. The van der Waals surface area contributed by atoms with Crippen molar-refractivity contribution in [2.24, 2.45) is 0 Å². The molecule has 0 unspecified atom stereocenters. The third kappa shape index (κ3) is 3.61. The molecular formula is C46H24O2S2. The molecule has 0 N–H and O–H groups in total. The standard InChI is InChI=1S/C46H24O2S2/c1-3-14-39-31(8-1)45-27(10-6-16-41(45)49-39)25-18-20-29-34-24-38-43(33-12-5-13-35(44(33)34)47-36(29)22-25)30-21-19-26(23-37(30)48-38)28-11-7-17-42-46(28)32-9-2-4-15-40(32)50-42/h1-24H. The molecule has 0 radical (unpaired) electrons. The maximum atomic E-state index is 6.76. The van der Waals surface area contributed by atoms with Crippen LogP contribution in [-0.4, -0.2) is 0 Å². The van der Waals surface area contributed by atoms with E-state index in [1.807, 2.05) is 22.7 Å². The van der Waals surface area contributed by atoms with E-state index in [2.05, 4.69) is 146 Å². The number of thiophene rings is 2. The summed E-state index contributed by atoms with van der Waals surface area (Å²) in [6.07, 6.45) is 0. The highest BCUT2D eigenvalue weighted by Gasteiger charge is 2.25. The van der Waals surface area contributed by atoms with Gasteiger partial charge in [0, 0.05) is 67.6 Å². The molecule has 0 amide bonds. The highest BCUT2D eigenvalue weighted by Crippen LogP contribution is 2.52. The molecule has 4 heteroatoms. The van der Waals surface area contributed by atoms with Crippen LogP contribution in [0.4, 0.5) is 0 Å². The molecule has 0 aliphatic carbocycles. The number of rotatable bonds is 2. The van der Waals surface area contributed by atoms with Crippen molar-refractivity contribution >= 4 is 95.7 Å². The molecule has 2 nitrogen and oxygen atoms in total. The Labute approximate surface area is 294 Å². The Morgan fingerprint density at radius 1 is 0.340 bits per heavy atom. The minimum Gasteiger partial charge on any atom is -0.456 e. The maximum Gasteiger partial charge on any atom is 0.136 e. The Morgan fingerprint density at radius 2 is 0.960 bits per heavy atom. The summed E-state index contributed by atoms with van der Waals surface area (Å²) in [5.74, 6) is 1.75. The Hall–Kier alpha value is -5.94. The molecule has 1 aliphatic heterocycles. The lowest BCUT2D eigenvalue weighted by atomic mass is 9.90. The SMILES string of the molecule is c1ccc2c(c1)sc1cccc(-c3ccc4c(c3)Oc3cccc5c3c-4cc3oc4cc(-c6cccc7sc8ccccc8c67)ccc4c35)c12. The normalized spacial score (nSPS) is 12.6.